The van der Waals surface area contributed by atoms with Crippen molar-refractivity contribution >= 4 is 11.6 Å². The fourth-order valence-electron chi connectivity index (χ4n) is 1.58. The van der Waals surface area contributed by atoms with Crippen molar-refractivity contribution in [1.29, 1.82) is 5.26 Å². The van der Waals surface area contributed by atoms with Gasteiger partial charge in [0, 0.05) is 18.8 Å². The minimum atomic E-state index is -0.167. The SMILES string of the molecule is CN(C(=O)c1cccc(C#N)c1)c1cccnc1. The molecule has 1 heterocycles. The average Bonchev–Trinajstić information content (AvgIpc) is 2.46. The van der Waals surface area contributed by atoms with Gasteiger partial charge in [-0.05, 0) is 30.3 Å². The van der Waals surface area contributed by atoms with Crippen molar-refractivity contribution in [2.75, 3.05) is 11.9 Å². The number of nitriles is 1. The van der Waals surface area contributed by atoms with Crippen molar-refractivity contribution < 1.29 is 4.79 Å². The van der Waals surface area contributed by atoms with Gasteiger partial charge in [0.05, 0.1) is 23.5 Å². The fraction of sp³-hybridized carbons (Fsp3) is 0.0714. The molecular formula is C14H11N3O. The summed E-state index contributed by atoms with van der Waals surface area (Å²) in [5.41, 5.74) is 1.67. The maximum absolute atomic E-state index is 12.2. The number of nitrogens with zero attached hydrogens (tertiary/aromatic N) is 3. The third kappa shape index (κ3) is 2.36. The van der Waals surface area contributed by atoms with Gasteiger partial charge in [-0.15, -0.1) is 0 Å². The smallest absolute Gasteiger partial charge is 0.258 e. The van der Waals surface area contributed by atoms with Crippen LogP contribution in [-0.2, 0) is 0 Å². The first-order valence-electron chi connectivity index (χ1n) is 5.40. The number of pyridine rings is 1. The standard InChI is InChI=1S/C14H11N3O/c1-17(13-6-3-7-16-10-13)14(18)12-5-2-4-11(8-12)9-15/h2-8,10H,1H3. The van der Waals surface area contributed by atoms with Crippen LogP contribution in [0.4, 0.5) is 5.69 Å². The maximum atomic E-state index is 12.2. The molecule has 1 amide bonds. The number of carbonyl (C=O) groups excluding carboxylic acids is 1. The zero-order valence-electron chi connectivity index (χ0n) is 9.87. The molecule has 1 aromatic heterocycles. The second kappa shape index (κ2) is 5.11. The summed E-state index contributed by atoms with van der Waals surface area (Å²) < 4.78 is 0. The summed E-state index contributed by atoms with van der Waals surface area (Å²) in [4.78, 5) is 17.7. The molecule has 0 atom stereocenters. The zero-order chi connectivity index (χ0) is 13.0. The van der Waals surface area contributed by atoms with Crippen molar-refractivity contribution in [2.24, 2.45) is 0 Å². The Morgan fingerprint density at radius 2 is 2.17 bits per heavy atom. The molecule has 18 heavy (non-hydrogen) atoms. The lowest BCUT2D eigenvalue weighted by atomic mass is 10.1. The van der Waals surface area contributed by atoms with Crippen molar-refractivity contribution in [3.05, 3.63) is 59.9 Å². The summed E-state index contributed by atoms with van der Waals surface area (Å²) in [5, 5.41) is 8.81. The first-order valence-corrected chi connectivity index (χ1v) is 5.40. The third-order valence-corrected chi connectivity index (χ3v) is 2.58. The number of anilines is 1. The van der Waals surface area contributed by atoms with E-state index < -0.39 is 0 Å². The van der Waals surface area contributed by atoms with Crippen LogP contribution in [-0.4, -0.2) is 17.9 Å². The van der Waals surface area contributed by atoms with E-state index in [1.165, 1.54) is 4.90 Å². The monoisotopic (exact) mass is 237 g/mol. The molecule has 88 valence electrons. The molecule has 0 radical (unpaired) electrons. The van der Waals surface area contributed by atoms with Crippen LogP contribution in [0.25, 0.3) is 0 Å². The molecule has 0 unspecified atom stereocenters. The molecule has 0 aliphatic rings. The van der Waals surface area contributed by atoms with Gasteiger partial charge in [-0.1, -0.05) is 6.07 Å². The first kappa shape index (κ1) is 11.8. The molecule has 0 saturated heterocycles. The summed E-state index contributed by atoms with van der Waals surface area (Å²) in [6.07, 6.45) is 3.27. The average molecular weight is 237 g/mol. The molecule has 0 aliphatic carbocycles. The number of rotatable bonds is 2. The highest BCUT2D eigenvalue weighted by Crippen LogP contribution is 2.14. The molecule has 4 nitrogen and oxygen atoms in total. The number of benzene rings is 1. The van der Waals surface area contributed by atoms with Crippen molar-refractivity contribution in [3.63, 3.8) is 0 Å². The largest absolute Gasteiger partial charge is 0.310 e. The van der Waals surface area contributed by atoms with Gasteiger partial charge in [0.15, 0.2) is 0 Å². The predicted molar refractivity (Wildman–Crippen MR) is 68.1 cm³/mol. The van der Waals surface area contributed by atoms with Crippen molar-refractivity contribution in [1.82, 2.24) is 4.98 Å². The van der Waals surface area contributed by atoms with Crippen LogP contribution in [0.1, 0.15) is 15.9 Å². The highest BCUT2D eigenvalue weighted by Gasteiger charge is 2.13. The van der Waals surface area contributed by atoms with E-state index >= 15 is 0 Å². The van der Waals surface area contributed by atoms with Crippen molar-refractivity contribution in [2.45, 2.75) is 0 Å². The Kier molecular flexibility index (Phi) is 3.35. The maximum Gasteiger partial charge on any atom is 0.258 e. The van der Waals surface area contributed by atoms with Gasteiger partial charge in [-0.25, -0.2) is 0 Å². The van der Waals surface area contributed by atoms with Gasteiger partial charge in [0.1, 0.15) is 0 Å². The molecule has 0 bridgehead atoms. The first-order chi connectivity index (χ1) is 8.72. The van der Waals surface area contributed by atoms with Gasteiger partial charge >= 0.3 is 0 Å². The fourth-order valence-corrected chi connectivity index (χ4v) is 1.58. The van der Waals surface area contributed by atoms with E-state index in [2.05, 4.69) is 4.98 Å². The number of carbonyl (C=O) groups is 1. The lowest BCUT2D eigenvalue weighted by Gasteiger charge is -2.16. The number of amides is 1. The topological polar surface area (TPSA) is 57.0 Å². The lowest BCUT2D eigenvalue weighted by Crippen LogP contribution is -2.26. The van der Waals surface area contributed by atoms with Crippen LogP contribution in [0.5, 0.6) is 0 Å². The Morgan fingerprint density at radius 3 is 2.83 bits per heavy atom. The van der Waals surface area contributed by atoms with E-state index in [9.17, 15) is 4.79 Å². The molecule has 2 aromatic rings. The highest BCUT2D eigenvalue weighted by molar-refractivity contribution is 6.05. The van der Waals surface area contributed by atoms with Gasteiger partial charge < -0.3 is 4.90 Å². The summed E-state index contributed by atoms with van der Waals surface area (Å²) in [7, 11) is 1.68. The lowest BCUT2D eigenvalue weighted by molar-refractivity contribution is 0.0993. The second-order valence-corrected chi connectivity index (χ2v) is 3.77. The van der Waals surface area contributed by atoms with E-state index in [-0.39, 0.29) is 5.91 Å². The van der Waals surface area contributed by atoms with Gasteiger partial charge in [-0.2, -0.15) is 5.26 Å². The second-order valence-electron chi connectivity index (χ2n) is 3.77. The molecule has 0 N–H and O–H groups in total. The number of hydrogen-bond acceptors (Lipinski definition) is 3. The summed E-state index contributed by atoms with van der Waals surface area (Å²) >= 11 is 0. The molecule has 0 aliphatic heterocycles. The molecule has 0 spiro atoms. The Bertz CT molecular complexity index is 602. The normalized spacial score (nSPS) is 9.56. The minimum absolute atomic E-state index is 0.167. The molecule has 1 aromatic carbocycles. The van der Waals surface area contributed by atoms with Crippen molar-refractivity contribution in [3.8, 4) is 6.07 Å². The highest BCUT2D eigenvalue weighted by atomic mass is 16.2. The summed E-state index contributed by atoms with van der Waals surface area (Å²) in [6, 6.07) is 12.2. The zero-order valence-corrected chi connectivity index (χ0v) is 9.87. The molecule has 0 fully saturated rings. The predicted octanol–water partition coefficient (Wildman–Crippen LogP) is 2.23. The van der Waals surface area contributed by atoms with Crippen LogP contribution in [0.3, 0.4) is 0 Å². The summed E-state index contributed by atoms with van der Waals surface area (Å²) in [5.74, 6) is -0.167. The summed E-state index contributed by atoms with van der Waals surface area (Å²) in [6.45, 7) is 0. The van der Waals surface area contributed by atoms with Crippen LogP contribution in [0.2, 0.25) is 0 Å². The van der Waals surface area contributed by atoms with Gasteiger partial charge in [0.2, 0.25) is 0 Å². The van der Waals surface area contributed by atoms with E-state index in [0.717, 1.165) is 0 Å². The minimum Gasteiger partial charge on any atom is -0.310 e. The van der Waals surface area contributed by atoms with Crippen LogP contribution in [0, 0.1) is 11.3 Å². The molecule has 0 saturated carbocycles. The molecule has 2 rings (SSSR count). The van der Waals surface area contributed by atoms with E-state index in [1.54, 1.807) is 55.8 Å². The molecular weight excluding hydrogens is 226 g/mol. The number of aromatic nitrogens is 1. The van der Waals surface area contributed by atoms with E-state index in [4.69, 9.17) is 5.26 Å². The van der Waals surface area contributed by atoms with Crippen LogP contribution in [0.15, 0.2) is 48.8 Å². The molecule has 4 heteroatoms. The number of hydrogen-bond donors (Lipinski definition) is 0. The van der Waals surface area contributed by atoms with E-state index in [0.29, 0.717) is 16.8 Å². The van der Waals surface area contributed by atoms with Crippen LogP contribution < -0.4 is 4.90 Å². The van der Waals surface area contributed by atoms with Gasteiger partial charge in [-0.3, -0.25) is 9.78 Å². The Balaban J connectivity index is 2.29. The Labute approximate surface area is 105 Å². The Hall–Kier alpha value is -2.67. The quantitative estimate of drug-likeness (QED) is 0.804. The van der Waals surface area contributed by atoms with Crippen LogP contribution >= 0.6 is 0 Å². The van der Waals surface area contributed by atoms with Gasteiger partial charge in [0.25, 0.3) is 5.91 Å². The third-order valence-electron chi connectivity index (χ3n) is 2.58. The Morgan fingerprint density at radius 1 is 1.33 bits per heavy atom. The van der Waals surface area contributed by atoms with E-state index in [1.807, 2.05) is 6.07 Å².